The van der Waals surface area contributed by atoms with Crippen LogP contribution in [0.3, 0.4) is 0 Å². The molecular formula is C12H8ClNOS. The van der Waals surface area contributed by atoms with E-state index in [1.54, 1.807) is 41.8 Å². The molecule has 0 N–H and O–H groups in total. The van der Waals surface area contributed by atoms with Crippen molar-refractivity contribution in [2.24, 2.45) is 4.99 Å². The van der Waals surface area contributed by atoms with Crippen LogP contribution in [0.15, 0.2) is 46.8 Å². The summed E-state index contributed by atoms with van der Waals surface area (Å²) in [5.74, 6) is 0. The summed E-state index contributed by atoms with van der Waals surface area (Å²) in [6, 6.07) is 10.8. The largest absolute Gasteiger partial charge is 0.276 e. The molecule has 0 amide bonds. The lowest BCUT2D eigenvalue weighted by Gasteiger charge is -1.94. The fourth-order valence-electron chi connectivity index (χ4n) is 1.18. The summed E-state index contributed by atoms with van der Waals surface area (Å²) in [4.78, 5) is 16.2. The molecule has 0 unspecified atom stereocenters. The number of carbonyl (C=O) groups is 1. The van der Waals surface area contributed by atoms with E-state index >= 15 is 0 Å². The van der Waals surface area contributed by atoms with Crippen LogP contribution in [0.4, 0.5) is 5.69 Å². The van der Waals surface area contributed by atoms with Gasteiger partial charge < -0.3 is 0 Å². The van der Waals surface area contributed by atoms with Crippen molar-refractivity contribution in [3.05, 3.63) is 52.2 Å². The summed E-state index contributed by atoms with van der Waals surface area (Å²) < 4.78 is 0. The summed E-state index contributed by atoms with van der Waals surface area (Å²) in [5.41, 5.74) is 1.28. The second-order valence-corrected chi connectivity index (χ2v) is 4.42. The lowest BCUT2D eigenvalue weighted by Crippen LogP contribution is -1.85. The molecule has 0 saturated heterocycles. The standard InChI is InChI=1S/C12H8ClNOS/c13-12(15)9-3-5-10(6-4-9)14-8-11-2-1-7-16-11/h1-8H. The Morgan fingerprint density at radius 1 is 1.25 bits per heavy atom. The second-order valence-electron chi connectivity index (χ2n) is 3.09. The molecule has 2 rings (SSSR count). The first-order chi connectivity index (χ1) is 7.75. The third-order valence-electron chi connectivity index (χ3n) is 1.98. The predicted octanol–water partition coefficient (Wildman–Crippen LogP) is 3.88. The fraction of sp³-hybridized carbons (Fsp3) is 0. The number of thiophene rings is 1. The van der Waals surface area contributed by atoms with E-state index in [0.29, 0.717) is 5.56 Å². The zero-order valence-corrected chi connectivity index (χ0v) is 9.83. The zero-order valence-electron chi connectivity index (χ0n) is 8.26. The molecule has 2 nitrogen and oxygen atoms in total. The minimum atomic E-state index is -0.450. The monoisotopic (exact) mass is 249 g/mol. The normalized spacial score (nSPS) is 10.8. The molecule has 1 heterocycles. The van der Waals surface area contributed by atoms with Crippen LogP contribution < -0.4 is 0 Å². The van der Waals surface area contributed by atoms with Gasteiger partial charge in [-0.25, -0.2) is 0 Å². The SMILES string of the molecule is O=C(Cl)c1ccc(N=Cc2cccs2)cc1. The Balaban J connectivity index is 2.14. The van der Waals surface area contributed by atoms with Gasteiger partial charge in [0.05, 0.1) is 5.69 Å². The highest BCUT2D eigenvalue weighted by Gasteiger charge is 1.99. The number of hydrogen-bond acceptors (Lipinski definition) is 3. The van der Waals surface area contributed by atoms with E-state index in [9.17, 15) is 4.79 Å². The Hall–Kier alpha value is -1.45. The molecule has 0 spiro atoms. The van der Waals surface area contributed by atoms with Gasteiger partial charge in [0.15, 0.2) is 0 Å². The van der Waals surface area contributed by atoms with Gasteiger partial charge >= 0.3 is 0 Å². The van der Waals surface area contributed by atoms with E-state index in [4.69, 9.17) is 11.6 Å². The third kappa shape index (κ3) is 2.78. The first-order valence-electron chi connectivity index (χ1n) is 4.63. The molecule has 0 atom stereocenters. The van der Waals surface area contributed by atoms with Gasteiger partial charge in [-0.05, 0) is 47.3 Å². The molecule has 1 aromatic carbocycles. The number of aliphatic imine (C=N–C) groups is 1. The Bertz CT molecular complexity index is 502. The van der Waals surface area contributed by atoms with Crippen molar-refractivity contribution in [3.63, 3.8) is 0 Å². The maximum Gasteiger partial charge on any atom is 0.252 e. The van der Waals surface area contributed by atoms with Crippen LogP contribution in [-0.4, -0.2) is 11.5 Å². The van der Waals surface area contributed by atoms with E-state index in [-0.39, 0.29) is 0 Å². The van der Waals surface area contributed by atoms with Crippen LogP contribution in [0, 0.1) is 0 Å². The molecule has 4 heteroatoms. The van der Waals surface area contributed by atoms with E-state index < -0.39 is 5.24 Å². The highest BCUT2D eigenvalue weighted by Crippen LogP contribution is 2.15. The number of nitrogens with zero attached hydrogens (tertiary/aromatic N) is 1. The summed E-state index contributed by atoms with van der Waals surface area (Å²) in [6.07, 6.45) is 1.79. The van der Waals surface area contributed by atoms with Gasteiger partial charge in [-0.2, -0.15) is 0 Å². The van der Waals surface area contributed by atoms with E-state index in [0.717, 1.165) is 10.6 Å². The predicted molar refractivity (Wildman–Crippen MR) is 68.2 cm³/mol. The van der Waals surface area contributed by atoms with E-state index in [1.807, 2.05) is 17.5 Å². The number of rotatable bonds is 3. The van der Waals surface area contributed by atoms with Gasteiger partial charge in [0.2, 0.25) is 0 Å². The van der Waals surface area contributed by atoms with Crippen LogP contribution >= 0.6 is 22.9 Å². The molecule has 16 heavy (non-hydrogen) atoms. The molecule has 1 aromatic heterocycles. The molecule has 0 saturated carbocycles. The summed E-state index contributed by atoms with van der Waals surface area (Å²) >= 11 is 6.96. The number of carbonyl (C=O) groups excluding carboxylic acids is 1. The number of halogens is 1. The van der Waals surface area contributed by atoms with Crippen molar-refractivity contribution in [3.8, 4) is 0 Å². The lowest BCUT2D eigenvalue weighted by atomic mass is 10.2. The maximum atomic E-state index is 10.8. The highest BCUT2D eigenvalue weighted by atomic mass is 35.5. The molecule has 0 fully saturated rings. The van der Waals surface area contributed by atoms with Gasteiger partial charge in [0.25, 0.3) is 5.24 Å². The molecule has 0 aliphatic carbocycles. The minimum Gasteiger partial charge on any atom is -0.276 e. The molecule has 0 bridgehead atoms. The van der Waals surface area contributed by atoms with Crippen LogP contribution in [0.2, 0.25) is 0 Å². The highest BCUT2D eigenvalue weighted by molar-refractivity contribution is 7.11. The topological polar surface area (TPSA) is 29.4 Å². The van der Waals surface area contributed by atoms with Crippen LogP contribution in [-0.2, 0) is 0 Å². The van der Waals surface area contributed by atoms with Crippen molar-refractivity contribution >= 4 is 40.1 Å². The fourth-order valence-corrected chi connectivity index (χ4v) is 1.89. The van der Waals surface area contributed by atoms with Crippen molar-refractivity contribution in [2.75, 3.05) is 0 Å². The first-order valence-corrected chi connectivity index (χ1v) is 5.89. The quantitative estimate of drug-likeness (QED) is 0.600. The summed E-state index contributed by atoms with van der Waals surface area (Å²) in [7, 11) is 0. The average Bonchev–Trinajstić information content (AvgIpc) is 2.80. The van der Waals surface area contributed by atoms with Crippen LogP contribution in [0.1, 0.15) is 15.2 Å². The number of benzene rings is 1. The lowest BCUT2D eigenvalue weighted by molar-refractivity contribution is 0.108. The van der Waals surface area contributed by atoms with E-state index in [2.05, 4.69) is 4.99 Å². The maximum absolute atomic E-state index is 10.8. The Kier molecular flexibility index (Phi) is 3.49. The van der Waals surface area contributed by atoms with Crippen molar-refractivity contribution in [2.45, 2.75) is 0 Å². The van der Waals surface area contributed by atoms with Crippen LogP contribution in [0.25, 0.3) is 0 Å². The zero-order chi connectivity index (χ0) is 11.4. The van der Waals surface area contributed by atoms with Crippen LogP contribution in [0.5, 0.6) is 0 Å². The molecule has 2 aromatic rings. The van der Waals surface area contributed by atoms with Gasteiger partial charge in [0.1, 0.15) is 0 Å². The van der Waals surface area contributed by atoms with Crippen molar-refractivity contribution in [1.29, 1.82) is 0 Å². The summed E-state index contributed by atoms with van der Waals surface area (Å²) in [6.45, 7) is 0. The first kappa shape index (κ1) is 11.0. The second kappa shape index (κ2) is 5.05. The van der Waals surface area contributed by atoms with Gasteiger partial charge in [0, 0.05) is 16.7 Å². The Morgan fingerprint density at radius 3 is 2.56 bits per heavy atom. The van der Waals surface area contributed by atoms with E-state index in [1.165, 1.54) is 0 Å². The van der Waals surface area contributed by atoms with Crippen molar-refractivity contribution < 1.29 is 4.79 Å². The Morgan fingerprint density at radius 2 is 2.00 bits per heavy atom. The smallest absolute Gasteiger partial charge is 0.252 e. The van der Waals surface area contributed by atoms with Crippen molar-refractivity contribution in [1.82, 2.24) is 0 Å². The molecule has 80 valence electrons. The molecule has 0 aliphatic rings. The molecular weight excluding hydrogens is 242 g/mol. The molecule has 0 radical (unpaired) electrons. The molecule has 0 aliphatic heterocycles. The Labute approximate surface area is 102 Å². The van der Waals surface area contributed by atoms with Gasteiger partial charge in [-0.1, -0.05) is 6.07 Å². The summed E-state index contributed by atoms with van der Waals surface area (Å²) in [5, 5.41) is 1.55. The third-order valence-corrected chi connectivity index (χ3v) is 3.00. The average molecular weight is 250 g/mol. The van der Waals surface area contributed by atoms with Gasteiger partial charge in [-0.15, -0.1) is 11.3 Å². The number of hydrogen-bond donors (Lipinski definition) is 0. The minimum absolute atomic E-state index is 0.450. The van der Waals surface area contributed by atoms with Gasteiger partial charge in [-0.3, -0.25) is 9.79 Å².